The molecule has 0 bridgehead atoms. The van der Waals surface area contributed by atoms with Crippen molar-refractivity contribution in [3.63, 3.8) is 0 Å². The minimum atomic E-state index is -0.433. The van der Waals surface area contributed by atoms with E-state index in [1.54, 1.807) is 6.20 Å². The minimum absolute atomic E-state index is 0.256. The number of aromatic nitrogens is 1. The van der Waals surface area contributed by atoms with Crippen LogP contribution in [0.15, 0.2) is 58.2 Å². The van der Waals surface area contributed by atoms with E-state index in [1.165, 1.54) is 11.8 Å². The van der Waals surface area contributed by atoms with Gasteiger partial charge in [0.15, 0.2) is 0 Å². The Morgan fingerprint density at radius 2 is 2.00 bits per heavy atom. The second kappa shape index (κ2) is 6.70. The summed E-state index contributed by atoms with van der Waals surface area (Å²) in [5.41, 5.74) is 3.08. The number of nitrogens with one attached hydrogen (secondary N) is 1. The fourth-order valence-electron chi connectivity index (χ4n) is 1.55. The van der Waals surface area contributed by atoms with Crippen LogP contribution in [-0.4, -0.2) is 10.9 Å². The Balaban J connectivity index is 2.30. The molecule has 0 radical (unpaired) electrons. The zero-order valence-corrected chi connectivity index (χ0v) is 12.3. The zero-order valence-electron chi connectivity index (χ0n) is 9.92. The van der Waals surface area contributed by atoms with Crippen molar-refractivity contribution in [2.45, 2.75) is 10.3 Å². The van der Waals surface area contributed by atoms with E-state index >= 15 is 0 Å². The zero-order chi connectivity index (χ0) is 13.7. The highest BCUT2D eigenvalue weighted by molar-refractivity contribution is 9.10. The van der Waals surface area contributed by atoms with Crippen molar-refractivity contribution in [3.05, 3.63) is 58.7 Å². The van der Waals surface area contributed by atoms with E-state index in [9.17, 15) is 4.79 Å². The molecule has 19 heavy (non-hydrogen) atoms. The molecule has 6 heteroatoms. The maximum atomic E-state index is 11.9. The molecular weight excluding hydrogens is 326 g/mol. The summed E-state index contributed by atoms with van der Waals surface area (Å²) >= 11 is 4.77. The fraction of sp³-hybridized carbons (Fsp3) is 0.0769. The van der Waals surface area contributed by atoms with Gasteiger partial charge in [0.2, 0.25) is 0 Å². The lowest BCUT2D eigenvalue weighted by Gasteiger charge is -2.15. The lowest BCUT2D eigenvalue weighted by molar-refractivity contribution is -0.120. The molecule has 1 atom stereocenters. The van der Waals surface area contributed by atoms with Gasteiger partial charge >= 0.3 is 0 Å². The number of halogens is 1. The van der Waals surface area contributed by atoms with Gasteiger partial charge in [0, 0.05) is 10.7 Å². The molecule has 0 spiro atoms. The normalized spacial score (nSPS) is 11.9. The lowest BCUT2D eigenvalue weighted by Crippen LogP contribution is -2.33. The summed E-state index contributed by atoms with van der Waals surface area (Å²) in [7, 11) is 0. The Kier molecular flexibility index (Phi) is 4.95. The van der Waals surface area contributed by atoms with Gasteiger partial charge in [-0.15, -0.1) is 0 Å². The third kappa shape index (κ3) is 3.56. The Bertz CT molecular complexity index is 565. The van der Waals surface area contributed by atoms with Crippen LogP contribution in [0, 0.1) is 0 Å². The first kappa shape index (κ1) is 14.0. The Hall–Kier alpha value is -1.37. The van der Waals surface area contributed by atoms with Gasteiger partial charge in [0.1, 0.15) is 10.3 Å². The number of rotatable bonds is 4. The van der Waals surface area contributed by atoms with E-state index in [0.717, 1.165) is 15.1 Å². The van der Waals surface area contributed by atoms with E-state index in [0.29, 0.717) is 0 Å². The van der Waals surface area contributed by atoms with Crippen LogP contribution in [-0.2, 0) is 4.79 Å². The van der Waals surface area contributed by atoms with Crippen LogP contribution in [0.2, 0.25) is 0 Å². The maximum Gasteiger partial charge on any atom is 0.251 e. The molecule has 4 nitrogen and oxygen atoms in total. The van der Waals surface area contributed by atoms with Crippen molar-refractivity contribution in [1.29, 1.82) is 0 Å². The van der Waals surface area contributed by atoms with Crippen LogP contribution in [0.3, 0.4) is 0 Å². The largest absolute Gasteiger partial charge is 0.293 e. The summed E-state index contributed by atoms with van der Waals surface area (Å²) in [6.45, 7) is 0. The molecule has 1 aromatic carbocycles. The van der Waals surface area contributed by atoms with Gasteiger partial charge in [-0.25, -0.2) is 10.8 Å². The van der Waals surface area contributed by atoms with Crippen LogP contribution in [0.25, 0.3) is 0 Å². The fourth-order valence-corrected chi connectivity index (χ4v) is 3.08. The molecular formula is C13H12BrN3OS. The molecule has 1 aromatic heterocycles. The van der Waals surface area contributed by atoms with E-state index in [1.807, 2.05) is 42.5 Å². The topological polar surface area (TPSA) is 68.0 Å². The average Bonchev–Trinajstić information content (AvgIpc) is 2.46. The molecule has 3 N–H and O–H groups in total. The molecule has 0 saturated carbocycles. The number of pyridine rings is 1. The number of hydrogen-bond acceptors (Lipinski definition) is 4. The Morgan fingerprint density at radius 1 is 1.26 bits per heavy atom. The summed E-state index contributed by atoms with van der Waals surface area (Å²) in [6.07, 6.45) is 1.69. The monoisotopic (exact) mass is 337 g/mol. The molecule has 2 aromatic rings. The van der Waals surface area contributed by atoms with Crippen molar-refractivity contribution in [3.8, 4) is 0 Å². The molecule has 0 aliphatic heterocycles. The van der Waals surface area contributed by atoms with Crippen LogP contribution in [0.5, 0.6) is 0 Å². The smallest absolute Gasteiger partial charge is 0.251 e. The van der Waals surface area contributed by atoms with Crippen molar-refractivity contribution in [2.75, 3.05) is 0 Å². The van der Waals surface area contributed by atoms with Crippen molar-refractivity contribution in [2.24, 2.45) is 5.84 Å². The van der Waals surface area contributed by atoms with Crippen LogP contribution in [0.4, 0.5) is 0 Å². The number of amides is 1. The lowest BCUT2D eigenvalue weighted by atomic mass is 10.1. The first-order chi connectivity index (χ1) is 9.22. The van der Waals surface area contributed by atoms with Crippen LogP contribution in [0.1, 0.15) is 10.8 Å². The number of nitrogens with zero attached hydrogens (tertiary/aromatic N) is 1. The molecule has 0 fully saturated rings. The molecule has 1 heterocycles. The molecule has 0 aliphatic rings. The van der Waals surface area contributed by atoms with Gasteiger partial charge in [0.05, 0.1) is 0 Å². The molecule has 1 amide bonds. The highest BCUT2D eigenvalue weighted by atomic mass is 79.9. The number of benzene rings is 1. The predicted octanol–water partition coefficient (Wildman–Crippen LogP) is 2.67. The van der Waals surface area contributed by atoms with Crippen molar-refractivity contribution >= 4 is 33.6 Å². The molecule has 1 unspecified atom stereocenters. The minimum Gasteiger partial charge on any atom is -0.293 e. The standard InChI is InChI=1S/C13H12BrN3OS/c14-10-7-4-8-16-13(10)19-11(12(18)17-15)9-5-2-1-3-6-9/h1-8,11H,15H2,(H,17,18). The molecule has 0 aliphatic carbocycles. The second-order valence-electron chi connectivity index (χ2n) is 3.71. The Labute approximate surface area is 123 Å². The number of thioether (sulfide) groups is 1. The SMILES string of the molecule is NNC(=O)C(Sc1ncccc1Br)c1ccccc1. The van der Waals surface area contributed by atoms with Gasteiger partial charge in [-0.1, -0.05) is 42.1 Å². The second-order valence-corrected chi connectivity index (χ2v) is 5.66. The number of nitrogens with two attached hydrogens (primary N) is 1. The van der Waals surface area contributed by atoms with Gasteiger partial charge in [0.25, 0.3) is 5.91 Å². The van der Waals surface area contributed by atoms with Gasteiger partial charge in [-0.2, -0.15) is 0 Å². The van der Waals surface area contributed by atoms with Crippen LogP contribution < -0.4 is 11.3 Å². The maximum absolute atomic E-state index is 11.9. The Morgan fingerprint density at radius 3 is 2.63 bits per heavy atom. The third-order valence-electron chi connectivity index (χ3n) is 2.44. The summed E-state index contributed by atoms with van der Waals surface area (Å²) in [5, 5.41) is 0.317. The molecule has 98 valence electrons. The molecule has 2 rings (SSSR count). The van der Waals surface area contributed by atoms with Crippen molar-refractivity contribution in [1.82, 2.24) is 10.4 Å². The summed E-state index contributed by atoms with van der Waals surface area (Å²) < 4.78 is 0.853. The van der Waals surface area contributed by atoms with E-state index in [-0.39, 0.29) is 5.91 Å². The van der Waals surface area contributed by atoms with Crippen LogP contribution >= 0.6 is 27.7 Å². The van der Waals surface area contributed by atoms with Crippen molar-refractivity contribution < 1.29 is 4.79 Å². The molecule has 0 saturated heterocycles. The van der Waals surface area contributed by atoms with E-state index in [2.05, 4.69) is 26.3 Å². The van der Waals surface area contributed by atoms with E-state index in [4.69, 9.17) is 5.84 Å². The number of hydrogen-bond donors (Lipinski definition) is 2. The first-order valence-electron chi connectivity index (χ1n) is 5.55. The quantitative estimate of drug-likeness (QED) is 0.389. The summed E-state index contributed by atoms with van der Waals surface area (Å²) in [5.74, 6) is 5.00. The highest BCUT2D eigenvalue weighted by Gasteiger charge is 2.22. The third-order valence-corrected chi connectivity index (χ3v) is 4.61. The summed E-state index contributed by atoms with van der Waals surface area (Å²) in [4.78, 5) is 16.2. The summed E-state index contributed by atoms with van der Waals surface area (Å²) in [6, 6.07) is 13.2. The first-order valence-corrected chi connectivity index (χ1v) is 7.22. The van der Waals surface area contributed by atoms with E-state index < -0.39 is 5.25 Å². The van der Waals surface area contributed by atoms with Gasteiger partial charge < -0.3 is 0 Å². The highest BCUT2D eigenvalue weighted by Crippen LogP contribution is 2.37. The number of hydrazine groups is 1. The average molecular weight is 338 g/mol. The number of carbonyl (C=O) groups excluding carboxylic acids is 1. The van der Waals surface area contributed by atoms with Gasteiger partial charge in [-0.05, 0) is 33.6 Å². The number of carbonyl (C=O) groups is 1. The predicted molar refractivity (Wildman–Crippen MR) is 79.3 cm³/mol. The van der Waals surface area contributed by atoms with Gasteiger partial charge in [-0.3, -0.25) is 10.2 Å².